The first-order valence-corrected chi connectivity index (χ1v) is 8.65. The molecule has 1 aliphatic rings. The molecule has 27 heavy (non-hydrogen) atoms. The minimum atomic E-state index is -1.32. The number of fused-ring (bicyclic) bond motifs is 1. The highest BCUT2D eigenvalue weighted by Gasteiger charge is 2.38. The van der Waals surface area contributed by atoms with E-state index in [9.17, 15) is 15.3 Å². The van der Waals surface area contributed by atoms with Crippen LogP contribution in [0, 0.1) is 0 Å². The van der Waals surface area contributed by atoms with Gasteiger partial charge < -0.3 is 34.1 Å². The number of rotatable bonds is 4. The fourth-order valence-corrected chi connectivity index (χ4v) is 3.18. The molecule has 2 heterocycles. The van der Waals surface area contributed by atoms with Gasteiger partial charge in [-0.25, -0.2) is 0 Å². The Morgan fingerprint density at radius 1 is 0.963 bits per heavy atom. The molecule has 0 amide bonds. The number of ether oxygens (including phenoxy) is 3. The van der Waals surface area contributed by atoms with Gasteiger partial charge in [0.15, 0.2) is 0 Å². The summed E-state index contributed by atoms with van der Waals surface area (Å²) in [5, 5.41) is 30.3. The summed E-state index contributed by atoms with van der Waals surface area (Å²) in [5.74, 6) is 1.30. The van der Waals surface area contributed by atoms with Crippen LogP contribution in [0.2, 0.25) is 0 Å². The molecule has 142 valence electrons. The molecule has 7 nitrogen and oxygen atoms in total. The van der Waals surface area contributed by atoms with Crippen molar-refractivity contribution in [1.82, 2.24) is 4.57 Å². The molecule has 2 aromatic carbocycles. The van der Waals surface area contributed by atoms with Gasteiger partial charge in [-0.1, -0.05) is 0 Å². The van der Waals surface area contributed by atoms with Crippen molar-refractivity contribution in [1.29, 1.82) is 0 Å². The number of aromatic nitrogens is 1. The third-order valence-electron chi connectivity index (χ3n) is 4.72. The standard InChI is InChI=1S/C20H21NO6/c1-25-15-6-7-16-12(10-15)8-9-21(16)13-2-4-14(5-3-13)27-20-19(24)18(23)17(22)11-26-20/h2-10,17-20,22-24H,11H2,1H3/t17-,18-,19+,20+/m0/s1. The number of aliphatic hydroxyl groups is 3. The lowest BCUT2D eigenvalue weighted by Crippen LogP contribution is -2.54. The van der Waals surface area contributed by atoms with Gasteiger partial charge in [-0.15, -0.1) is 0 Å². The van der Waals surface area contributed by atoms with Crippen LogP contribution in [0.1, 0.15) is 0 Å². The molecule has 7 heteroatoms. The highest BCUT2D eigenvalue weighted by atomic mass is 16.7. The van der Waals surface area contributed by atoms with E-state index in [1.165, 1.54) is 0 Å². The predicted octanol–water partition coefficient (Wildman–Crippen LogP) is 1.46. The number of aliphatic hydroxyl groups excluding tert-OH is 3. The van der Waals surface area contributed by atoms with Gasteiger partial charge >= 0.3 is 0 Å². The molecule has 0 radical (unpaired) electrons. The topological polar surface area (TPSA) is 93.3 Å². The molecular weight excluding hydrogens is 350 g/mol. The summed E-state index contributed by atoms with van der Waals surface area (Å²) in [5.41, 5.74) is 2.00. The maximum Gasteiger partial charge on any atom is 0.228 e. The molecule has 1 fully saturated rings. The van der Waals surface area contributed by atoms with Gasteiger partial charge in [0.1, 0.15) is 29.8 Å². The van der Waals surface area contributed by atoms with E-state index in [1.807, 2.05) is 47.2 Å². The molecule has 1 aromatic heterocycles. The average Bonchev–Trinajstić information content (AvgIpc) is 3.12. The zero-order valence-corrected chi connectivity index (χ0v) is 14.7. The van der Waals surface area contributed by atoms with Crippen LogP contribution in [0.15, 0.2) is 54.7 Å². The fraction of sp³-hybridized carbons (Fsp3) is 0.300. The Bertz CT molecular complexity index is 922. The summed E-state index contributed by atoms with van der Waals surface area (Å²) in [7, 11) is 1.64. The molecule has 0 aliphatic carbocycles. The van der Waals surface area contributed by atoms with Gasteiger partial charge in [-0.2, -0.15) is 0 Å². The summed E-state index contributed by atoms with van der Waals surface area (Å²) < 4.78 is 18.2. The van der Waals surface area contributed by atoms with Gasteiger partial charge in [0.25, 0.3) is 0 Å². The summed E-state index contributed by atoms with van der Waals surface area (Å²) in [4.78, 5) is 0. The van der Waals surface area contributed by atoms with Crippen molar-refractivity contribution in [3.8, 4) is 17.2 Å². The maximum atomic E-state index is 9.96. The minimum Gasteiger partial charge on any atom is -0.497 e. The Morgan fingerprint density at radius 3 is 2.44 bits per heavy atom. The highest BCUT2D eigenvalue weighted by Crippen LogP contribution is 2.26. The van der Waals surface area contributed by atoms with Gasteiger partial charge in [-0.3, -0.25) is 0 Å². The van der Waals surface area contributed by atoms with Crippen LogP contribution in [-0.2, 0) is 4.74 Å². The Kier molecular flexibility index (Phi) is 4.75. The van der Waals surface area contributed by atoms with Crippen molar-refractivity contribution in [3.05, 3.63) is 54.7 Å². The van der Waals surface area contributed by atoms with Crippen molar-refractivity contribution in [2.75, 3.05) is 13.7 Å². The highest BCUT2D eigenvalue weighted by molar-refractivity contribution is 5.83. The number of benzene rings is 2. The minimum absolute atomic E-state index is 0.0974. The second-order valence-electron chi connectivity index (χ2n) is 6.47. The summed E-state index contributed by atoms with van der Waals surface area (Å²) in [6.45, 7) is -0.0974. The second-order valence-corrected chi connectivity index (χ2v) is 6.47. The normalized spacial score (nSPS) is 25.5. The van der Waals surface area contributed by atoms with E-state index in [1.54, 1.807) is 19.2 Å². The molecule has 4 rings (SSSR count). The Labute approximate surface area is 155 Å². The molecule has 4 atom stereocenters. The number of hydrogen-bond acceptors (Lipinski definition) is 6. The van der Waals surface area contributed by atoms with Crippen LogP contribution in [0.25, 0.3) is 16.6 Å². The Morgan fingerprint density at radius 2 is 1.70 bits per heavy atom. The molecular formula is C20H21NO6. The Hall–Kier alpha value is -2.58. The number of nitrogens with zero attached hydrogens (tertiary/aromatic N) is 1. The monoisotopic (exact) mass is 371 g/mol. The SMILES string of the molecule is COc1ccc2c(ccn2-c2ccc(O[C@H]3OC[C@H](O)[C@H](O)[C@H]3O)cc2)c1. The molecule has 0 unspecified atom stereocenters. The van der Waals surface area contributed by atoms with E-state index in [4.69, 9.17) is 14.2 Å². The van der Waals surface area contributed by atoms with Crippen molar-refractivity contribution < 1.29 is 29.5 Å². The van der Waals surface area contributed by atoms with Crippen LogP contribution in [-0.4, -0.2) is 58.2 Å². The third-order valence-corrected chi connectivity index (χ3v) is 4.72. The van der Waals surface area contributed by atoms with Crippen LogP contribution < -0.4 is 9.47 Å². The third kappa shape index (κ3) is 3.38. The molecule has 3 N–H and O–H groups in total. The second kappa shape index (κ2) is 7.21. The summed E-state index contributed by atoms with van der Waals surface area (Å²) in [6.07, 6.45) is -2.80. The van der Waals surface area contributed by atoms with Crippen LogP contribution >= 0.6 is 0 Å². The van der Waals surface area contributed by atoms with E-state index in [-0.39, 0.29) is 6.61 Å². The van der Waals surface area contributed by atoms with Gasteiger partial charge in [0.05, 0.1) is 19.2 Å². The lowest BCUT2D eigenvalue weighted by atomic mass is 10.1. The molecule has 0 bridgehead atoms. The lowest BCUT2D eigenvalue weighted by Gasteiger charge is -2.34. The molecule has 0 spiro atoms. The first-order valence-electron chi connectivity index (χ1n) is 8.65. The zero-order chi connectivity index (χ0) is 19.0. The van der Waals surface area contributed by atoms with Crippen LogP contribution in [0.5, 0.6) is 11.5 Å². The van der Waals surface area contributed by atoms with Crippen molar-refractivity contribution in [3.63, 3.8) is 0 Å². The number of hydrogen-bond donors (Lipinski definition) is 3. The van der Waals surface area contributed by atoms with Gasteiger partial charge in [-0.05, 0) is 48.5 Å². The van der Waals surface area contributed by atoms with Gasteiger partial charge in [0.2, 0.25) is 6.29 Å². The van der Waals surface area contributed by atoms with Crippen LogP contribution in [0.3, 0.4) is 0 Å². The van der Waals surface area contributed by atoms with E-state index in [0.29, 0.717) is 5.75 Å². The lowest BCUT2D eigenvalue weighted by molar-refractivity contribution is -0.242. The van der Waals surface area contributed by atoms with Crippen molar-refractivity contribution >= 4 is 10.9 Å². The molecule has 1 aliphatic heterocycles. The molecule has 0 saturated carbocycles. The average molecular weight is 371 g/mol. The Balaban J connectivity index is 1.53. The van der Waals surface area contributed by atoms with Crippen LogP contribution in [0.4, 0.5) is 0 Å². The number of methoxy groups -OCH3 is 1. The largest absolute Gasteiger partial charge is 0.497 e. The quantitative estimate of drug-likeness (QED) is 0.643. The maximum absolute atomic E-state index is 9.96. The first-order chi connectivity index (χ1) is 13.1. The summed E-state index contributed by atoms with van der Waals surface area (Å²) in [6, 6.07) is 15.2. The van der Waals surface area contributed by atoms with Crippen molar-refractivity contribution in [2.45, 2.75) is 24.6 Å². The predicted molar refractivity (Wildman–Crippen MR) is 98.2 cm³/mol. The molecule has 3 aromatic rings. The summed E-state index contributed by atoms with van der Waals surface area (Å²) >= 11 is 0. The van der Waals surface area contributed by atoms with E-state index >= 15 is 0 Å². The van der Waals surface area contributed by atoms with Gasteiger partial charge in [0, 0.05) is 17.3 Å². The van der Waals surface area contributed by atoms with E-state index < -0.39 is 24.6 Å². The van der Waals surface area contributed by atoms with Crippen molar-refractivity contribution in [2.24, 2.45) is 0 Å². The fourth-order valence-electron chi connectivity index (χ4n) is 3.18. The van der Waals surface area contributed by atoms with E-state index in [0.717, 1.165) is 22.3 Å². The molecule has 1 saturated heterocycles. The first kappa shape index (κ1) is 17.8. The smallest absolute Gasteiger partial charge is 0.228 e. The zero-order valence-electron chi connectivity index (χ0n) is 14.7. The van der Waals surface area contributed by atoms with E-state index in [2.05, 4.69) is 0 Å².